The topological polar surface area (TPSA) is 96.5 Å². The Hall–Kier alpha value is -1.95. The summed E-state index contributed by atoms with van der Waals surface area (Å²) < 4.78 is 0. The van der Waals surface area contributed by atoms with Gasteiger partial charge in [0.05, 0.1) is 12.5 Å². The predicted octanol–water partition coefficient (Wildman–Crippen LogP) is -0.115. The molecule has 1 aromatic heterocycles. The number of hydrogen-bond donors (Lipinski definition) is 2. The van der Waals surface area contributed by atoms with Crippen molar-refractivity contribution in [3.8, 4) is 0 Å². The van der Waals surface area contributed by atoms with Gasteiger partial charge in [0, 0.05) is 31.9 Å². The molecule has 18 heavy (non-hydrogen) atoms. The van der Waals surface area contributed by atoms with Gasteiger partial charge in [0.2, 0.25) is 5.91 Å². The van der Waals surface area contributed by atoms with Crippen LogP contribution in [0.1, 0.15) is 12.1 Å². The smallest absolute Gasteiger partial charge is 0.305 e. The highest BCUT2D eigenvalue weighted by Crippen LogP contribution is 1.99. The van der Waals surface area contributed by atoms with Crippen LogP contribution in [-0.2, 0) is 16.0 Å². The van der Waals surface area contributed by atoms with Crippen molar-refractivity contribution < 1.29 is 14.7 Å². The summed E-state index contributed by atoms with van der Waals surface area (Å²) in [6.07, 6.45) is 1.95. The summed E-state index contributed by atoms with van der Waals surface area (Å²) in [5.41, 5.74) is 6.38. The molecule has 1 amide bonds. The Bertz CT molecular complexity index is 408. The van der Waals surface area contributed by atoms with Gasteiger partial charge in [0.15, 0.2) is 0 Å². The Kier molecular flexibility index (Phi) is 5.26. The molecular weight excluding hydrogens is 234 g/mol. The van der Waals surface area contributed by atoms with Gasteiger partial charge in [-0.1, -0.05) is 6.07 Å². The Morgan fingerprint density at radius 1 is 1.50 bits per heavy atom. The van der Waals surface area contributed by atoms with Crippen molar-refractivity contribution in [2.45, 2.75) is 18.9 Å². The Balaban J connectivity index is 2.43. The summed E-state index contributed by atoms with van der Waals surface area (Å²) in [5.74, 6) is -1.44. The zero-order valence-electron chi connectivity index (χ0n) is 10.2. The number of carboxylic acid groups (broad SMARTS) is 1. The zero-order valence-corrected chi connectivity index (χ0v) is 10.2. The fourth-order valence-electron chi connectivity index (χ4n) is 1.50. The summed E-state index contributed by atoms with van der Waals surface area (Å²) >= 11 is 0. The van der Waals surface area contributed by atoms with Gasteiger partial charge in [-0.3, -0.25) is 14.6 Å². The second-order valence-electron chi connectivity index (χ2n) is 4.04. The highest BCUT2D eigenvalue weighted by molar-refractivity contribution is 5.85. The lowest BCUT2D eigenvalue weighted by Gasteiger charge is -2.20. The number of amides is 1. The van der Waals surface area contributed by atoms with Gasteiger partial charge in [-0.2, -0.15) is 0 Å². The van der Waals surface area contributed by atoms with Gasteiger partial charge in [-0.15, -0.1) is 0 Å². The molecule has 0 aliphatic carbocycles. The van der Waals surface area contributed by atoms with Crippen LogP contribution in [0.2, 0.25) is 0 Å². The second kappa shape index (κ2) is 6.70. The van der Waals surface area contributed by atoms with Crippen molar-refractivity contribution in [3.05, 3.63) is 30.1 Å². The van der Waals surface area contributed by atoms with Gasteiger partial charge in [-0.05, 0) is 12.1 Å². The van der Waals surface area contributed by atoms with E-state index in [0.29, 0.717) is 13.0 Å². The van der Waals surface area contributed by atoms with Crippen LogP contribution in [-0.4, -0.2) is 46.5 Å². The molecule has 0 aliphatic heterocycles. The van der Waals surface area contributed by atoms with Crippen molar-refractivity contribution in [1.82, 2.24) is 9.88 Å². The Morgan fingerprint density at radius 2 is 2.22 bits per heavy atom. The van der Waals surface area contributed by atoms with E-state index < -0.39 is 12.0 Å². The molecular formula is C12H17N3O3. The normalized spacial score (nSPS) is 11.9. The summed E-state index contributed by atoms with van der Waals surface area (Å²) in [4.78, 5) is 27.7. The van der Waals surface area contributed by atoms with E-state index >= 15 is 0 Å². The van der Waals surface area contributed by atoms with Crippen molar-refractivity contribution in [2.24, 2.45) is 5.73 Å². The quantitative estimate of drug-likeness (QED) is 0.735. The standard InChI is InChI=1S/C12H17N3O3/c1-15(12(18)10(13)8-11(16)17)7-5-9-4-2-3-6-14-9/h2-4,6,10H,5,7-8,13H2,1H3,(H,16,17)/t10-/m0/s1. The summed E-state index contributed by atoms with van der Waals surface area (Å²) in [5, 5.41) is 8.56. The van der Waals surface area contributed by atoms with Crippen LogP contribution in [0.5, 0.6) is 0 Å². The molecule has 0 bridgehead atoms. The molecule has 98 valence electrons. The van der Waals surface area contributed by atoms with Crippen LogP contribution in [0.3, 0.4) is 0 Å². The fraction of sp³-hybridized carbons (Fsp3) is 0.417. The number of carboxylic acids is 1. The molecule has 6 nitrogen and oxygen atoms in total. The molecule has 1 atom stereocenters. The number of carbonyl (C=O) groups is 2. The number of aliphatic carboxylic acids is 1. The van der Waals surface area contributed by atoms with Crippen molar-refractivity contribution in [1.29, 1.82) is 0 Å². The summed E-state index contributed by atoms with van der Waals surface area (Å²) in [6.45, 7) is 0.461. The molecule has 3 N–H and O–H groups in total. The lowest BCUT2D eigenvalue weighted by Crippen LogP contribution is -2.43. The highest BCUT2D eigenvalue weighted by atomic mass is 16.4. The van der Waals surface area contributed by atoms with Crippen LogP contribution >= 0.6 is 0 Å². The SMILES string of the molecule is CN(CCc1ccccn1)C(=O)[C@@H](N)CC(=O)O. The van der Waals surface area contributed by atoms with E-state index in [2.05, 4.69) is 4.98 Å². The third-order valence-electron chi connectivity index (χ3n) is 2.52. The van der Waals surface area contributed by atoms with Crippen LogP contribution in [0.15, 0.2) is 24.4 Å². The average Bonchev–Trinajstić information content (AvgIpc) is 2.35. The van der Waals surface area contributed by atoms with Gasteiger partial charge in [0.1, 0.15) is 0 Å². The maximum atomic E-state index is 11.7. The van der Waals surface area contributed by atoms with E-state index in [1.165, 1.54) is 4.90 Å². The maximum Gasteiger partial charge on any atom is 0.305 e. The lowest BCUT2D eigenvalue weighted by molar-refractivity contribution is -0.141. The maximum absolute atomic E-state index is 11.7. The lowest BCUT2D eigenvalue weighted by atomic mass is 10.2. The molecule has 0 aliphatic rings. The summed E-state index contributed by atoms with van der Waals surface area (Å²) in [7, 11) is 1.60. The van der Waals surface area contributed by atoms with E-state index in [-0.39, 0.29) is 12.3 Å². The molecule has 1 heterocycles. The van der Waals surface area contributed by atoms with Crippen LogP contribution in [0.25, 0.3) is 0 Å². The van der Waals surface area contributed by atoms with E-state index in [0.717, 1.165) is 5.69 Å². The molecule has 0 saturated heterocycles. The van der Waals surface area contributed by atoms with Gasteiger partial charge >= 0.3 is 5.97 Å². The number of nitrogens with two attached hydrogens (primary N) is 1. The van der Waals surface area contributed by atoms with Crippen molar-refractivity contribution in [2.75, 3.05) is 13.6 Å². The first-order valence-corrected chi connectivity index (χ1v) is 5.63. The van der Waals surface area contributed by atoms with Crippen molar-refractivity contribution in [3.63, 3.8) is 0 Å². The molecule has 0 radical (unpaired) electrons. The van der Waals surface area contributed by atoms with Crippen LogP contribution < -0.4 is 5.73 Å². The third-order valence-corrected chi connectivity index (χ3v) is 2.52. The van der Waals surface area contributed by atoms with E-state index in [9.17, 15) is 9.59 Å². The second-order valence-corrected chi connectivity index (χ2v) is 4.04. The Labute approximate surface area is 105 Å². The van der Waals surface area contributed by atoms with Crippen LogP contribution in [0, 0.1) is 0 Å². The molecule has 0 spiro atoms. The number of nitrogens with zero attached hydrogens (tertiary/aromatic N) is 2. The molecule has 0 saturated carbocycles. The molecule has 0 aromatic carbocycles. The fourth-order valence-corrected chi connectivity index (χ4v) is 1.50. The van der Waals surface area contributed by atoms with Crippen LogP contribution in [0.4, 0.5) is 0 Å². The molecule has 1 rings (SSSR count). The van der Waals surface area contributed by atoms with Crippen molar-refractivity contribution >= 4 is 11.9 Å². The number of likely N-dealkylation sites (N-methyl/N-ethyl adjacent to an activating group) is 1. The summed E-state index contributed by atoms with van der Waals surface area (Å²) in [6, 6.07) is 4.58. The van der Waals surface area contributed by atoms with Gasteiger partial charge in [-0.25, -0.2) is 0 Å². The minimum Gasteiger partial charge on any atom is -0.481 e. The van der Waals surface area contributed by atoms with Gasteiger partial charge in [0.25, 0.3) is 0 Å². The molecule has 0 fully saturated rings. The first-order chi connectivity index (χ1) is 8.50. The highest BCUT2D eigenvalue weighted by Gasteiger charge is 2.20. The van der Waals surface area contributed by atoms with E-state index in [1.54, 1.807) is 13.2 Å². The first-order valence-electron chi connectivity index (χ1n) is 5.63. The van der Waals surface area contributed by atoms with E-state index in [4.69, 9.17) is 10.8 Å². The first kappa shape index (κ1) is 14.1. The molecule has 6 heteroatoms. The molecule has 1 aromatic rings. The largest absolute Gasteiger partial charge is 0.481 e. The number of pyridine rings is 1. The number of carbonyl (C=O) groups excluding carboxylic acids is 1. The minimum absolute atomic E-state index is 0.354. The third kappa shape index (κ3) is 4.50. The zero-order chi connectivity index (χ0) is 13.5. The van der Waals surface area contributed by atoms with E-state index in [1.807, 2.05) is 18.2 Å². The number of rotatable bonds is 6. The van der Waals surface area contributed by atoms with Gasteiger partial charge < -0.3 is 15.7 Å². The minimum atomic E-state index is -1.08. The average molecular weight is 251 g/mol. The predicted molar refractivity (Wildman–Crippen MR) is 65.8 cm³/mol. The monoisotopic (exact) mass is 251 g/mol. The molecule has 0 unspecified atom stereocenters. The number of aromatic nitrogens is 1. The Morgan fingerprint density at radius 3 is 2.78 bits per heavy atom. The number of hydrogen-bond acceptors (Lipinski definition) is 4.